The largest absolute Gasteiger partial charge is 0.530 e. The van der Waals surface area contributed by atoms with E-state index in [1.807, 2.05) is 49.4 Å². The number of nitrogens with one attached hydrogen (secondary N) is 2. The summed E-state index contributed by atoms with van der Waals surface area (Å²) >= 11 is 6.21. The molecule has 152 valence electrons. The summed E-state index contributed by atoms with van der Waals surface area (Å²) in [5, 5.41) is 20.4. The molecular weight excluding hydrogens is 400 g/mol. The van der Waals surface area contributed by atoms with Crippen LogP contribution in [0.2, 0.25) is 5.02 Å². The first-order valence-corrected chi connectivity index (χ1v) is 9.79. The van der Waals surface area contributed by atoms with Crippen molar-refractivity contribution in [3.05, 3.63) is 65.2 Å². The van der Waals surface area contributed by atoms with Crippen molar-refractivity contribution in [3.8, 4) is 0 Å². The molecule has 0 fully saturated rings. The molecule has 7 heteroatoms. The standard InChI is InChI=1S/C23H21ClN4O2/c1-13-5-4-6-17-21(13)27-19-11-14(24)7-9-16(19)22(17)26-18-10-8-15(12-20(18)25-2)28(3)23(29)30/h4-12,25H,1-3H3,(H,26,27)(H,29,30)/p-1. The van der Waals surface area contributed by atoms with E-state index in [-0.39, 0.29) is 0 Å². The Kier molecular flexibility index (Phi) is 5.10. The fourth-order valence-electron chi connectivity index (χ4n) is 3.51. The first-order chi connectivity index (χ1) is 14.4. The third kappa shape index (κ3) is 3.46. The highest BCUT2D eigenvalue weighted by Crippen LogP contribution is 2.37. The Bertz CT molecular complexity index is 1290. The highest BCUT2D eigenvalue weighted by molar-refractivity contribution is 6.31. The van der Waals surface area contributed by atoms with Gasteiger partial charge in [-0.1, -0.05) is 29.8 Å². The highest BCUT2D eigenvalue weighted by Gasteiger charge is 2.14. The van der Waals surface area contributed by atoms with Crippen molar-refractivity contribution in [2.75, 3.05) is 29.6 Å². The fourth-order valence-corrected chi connectivity index (χ4v) is 3.68. The lowest BCUT2D eigenvalue weighted by atomic mass is 10.0. The van der Waals surface area contributed by atoms with Gasteiger partial charge in [0.2, 0.25) is 0 Å². The molecule has 2 N–H and O–H groups in total. The minimum Gasteiger partial charge on any atom is -0.530 e. The number of aryl methyl sites for hydroxylation is 1. The van der Waals surface area contributed by atoms with Crippen LogP contribution in [-0.4, -0.2) is 25.2 Å². The number of aromatic nitrogens is 1. The van der Waals surface area contributed by atoms with E-state index in [0.29, 0.717) is 10.7 Å². The fraction of sp³-hybridized carbons (Fsp3) is 0.130. The average Bonchev–Trinajstić information content (AvgIpc) is 2.73. The molecule has 0 unspecified atom stereocenters. The molecule has 0 spiro atoms. The van der Waals surface area contributed by atoms with Crippen molar-refractivity contribution in [3.63, 3.8) is 0 Å². The van der Waals surface area contributed by atoms with Crippen LogP contribution in [0.1, 0.15) is 5.56 Å². The molecule has 6 nitrogen and oxygen atoms in total. The van der Waals surface area contributed by atoms with E-state index in [1.165, 1.54) is 7.05 Å². The Morgan fingerprint density at radius 3 is 2.60 bits per heavy atom. The predicted molar refractivity (Wildman–Crippen MR) is 122 cm³/mol. The van der Waals surface area contributed by atoms with Crippen molar-refractivity contribution in [1.82, 2.24) is 4.98 Å². The molecule has 0 aliphatic carbocycles. The van der Waals surface area contributed by atoms with Crippen molar-refractivity contribution in [2.45, 2.75) is 6.92 Å². The Balaban J connectivity index is 1.91. The number of carbonyl (C=O) groups excluding carboxylic acids is 1. The Hall–Kier alpha value is -3.51. The quantitative estimate of drug-likeness (QED) is 0.459. The number of fused-ring (bicyclic) bond motifs is 2. The summed E-state index contributed by atoms with van der Waals surface area (Å²) in [5.74, 6) is 0. The molecule has 30 heavy (non-hydrogen) atoms. The van der Waals surface area contributed by atoms with E-state index in [4.69, 9.17) is 16.6 Å². The van der Waals surface area contributed by atoms with E-state index in [0.717, 1.165) is 49.3 Å². The van der Waals surface area contributed by atoms with Gasteiger partial charge in [0.15, 0.2) is 0 Å². The van der Waals surface area contributed by atoms with Gasteiger partial charge in [-0.3, -0.25) is 0 Å². The van der Waals surface area contributed by atoms with E-state index in [9.17, 15) is 9.90 Å². The first kappa shape index (κ1) is 19.8. The number of amides is 1. The Labute approximate surface area is 179 Å². The lowest BCUT2D eigenvalue weighted by Crippen LogP contribution is -2.38. The lowest BCUT2D eigenvalue weighted by Gasteiger charge is -2.22. The summed E-state index contributed by atoms with van der Waals surface area (Å²) in [6.45, 7) is 2.03. The molecule has 1 aromatic heterocycles. The van der Waals surface area contributed by atoms with E-state index in [2.05, 4.69) is 10.6 Å². The van der Waals surface area contributed by atoms with Crippen LogP contribution in [0.15, 0.2) is 54.6 Å². The van der Waals surface area contributed by atoms with Gasteiger partial charge in [0.25, 0.3) is 0 Å². The van der Waals surface area contributed by atoms with Gasteiger partial charge in [0.05, 0.1) is 28.1 Å². The van der Waals surface area contributed by atoms with Crippen LogP contribution < -0.4 is 20.6 Å². The number of anilines is 4. The monoisotopic (exact) mass is 419 g/mol. The average molecular weight is 420 g/mol. The molecule has 0 bridgehead atoms. The van der Waals surface area contributed by atoms with Gasteiger partial charge in [-0.15, -0.1) is 0 Å². The second kappa shape index (κ2) is 7.72. The number of pyridine rings is 1. The maximum absolute atomic E-state index is 11.2. The zero-order valence-corrected chi connectivity index (χ0v) is 17.5. The zero-order valence-electron chi connectivity index (χ0n) is 16.8. The number of rotatable bonds is 4. The molecule has 0 aliphatic heterocycles. The van der Waals surface area contributed by atoms with E-state index in [1.54, 1.807) is 19.2 Å². The highest BCUT2D eigenvalue weighted by atomic mass is 35.5. The van der Waals surface area contributed by atoms with Crippen molar-refractivity contribution < 1.29 is 9.90 Å². The molecule has 4 rings (SSSR count). The van der Waals surface area contributed by atoms with Gasteiger partial charge in [-0.05, 0) is 48.9 Å². The molecule has 0 aliphatic rings. The number of hydrogen-bond donors (Lipinski definition) is 2. The van der Waals surface area contributed by atoms with Crippen LogP contribution >= 0.6 is 11.6 Å². The minimum absolute atomic E-state index is 0.511. The second-order valence-electron chi connectivity index (χ2n) is 7.05. The number of halogens is 1. The lowest BCUT2D eigenvalue weighted by molar-refractivity contribution is -0.246. The molecule has 3 aromatic carbocycles. The summed E-state index contributed by atoms with van der Waals surface area (Å²) < 4.78 is 0. The van der Waals surface area contributed by atoms with Crippen LogP contribution in [0.4, 0.5) is 27.5 Å². The summed E-state index contributed by atoms with van der Waals surface area (Å²) in [6, 6.07) is 17.0. The van der Waals surface area contributed by atoms with Crippen molar-refractivity contribution in [2.24, 2.45) is 0 Å². The normalized spacial score (nSPS) is 10.9. The number of carboxylic acid groups (broad SMARTS) is 1. The van der Waals surface area contributed by atoms with Gasteiger partial charge >= 0.3 is 0 Å². The van der Waals surface area contributed by atoms with Crippen LogP contribution in [-0.2, 0) is 0 Å². The Morgan fingerprint density at radius 2 is 1.87 bits per heavy atom. The first-order valence-electron chi connectivity index (χ1n) is 9.41. The maximum Gasteiger partial charge on any atom is 0.141 e. The topological polar surface area (TPSA) is 80.3 Å². The summed E-state index contributed by atoms with van der Waals surface area (Å²) in [6.07, 6.45) is -1.27. The second-order valence-corrected chi connectivity index (χ2v) is 7.49. The number of carbonyl (C=O) groups is 1. The van der Waals surface area contributed by atoms with Crippen molar-refractivity contribution >= 4 is 62.2 Å². The Morgan fingerprint density at radius 1 is 1.07 bits per heavy atom. The molecule has 4 aromatic rings. The molecular formula is C23H20ClN4O2-. The van der Waals surface area contributed by atoms with Crippen molar-refractivity contribution in [1.29, 1.82) is 0 Å². The molecule has 0 saturated carbocycles. The molecule has 1 heterocycles. The molecule has 0 radical (unpaired) electrons. The third-order valence-electron chi connectivity index (χ3n) is 5.16. The molecule has 0 atom stereocenters. The third-order valence-corrected chi connectivity index (χ3v) is 5.40. The van der Waals surface area contributed by atoms with Gasteiger partial charge in [0.1, 0.15) is 6.09 Å². The minimum atomic E-state index is -1.27. The molecule has 0 saturated heterocycles. The van der Waals surface area contributed by atoms with Gasteiger partial charge < -0.3 is 25.4 Å². The number of nitrogens with zero attached hydrogens (tertiary/aromatic N) is 2. The number of para-hydroxylation sites is 1. The van der Waals surface area contributed by atoms with Crippen LogP contribution in [0, 0.1) is 6.92 Å². The van der Waals surface area contributed by atoms with Crippen LogP contribution in [0.25, 0.3) is 21.8 Å². The van der Waals surface area contributed by atoms with E-state index >= 15 is 0 Å². The maximum atomic E-state index is 11.2. The summed E-state index contributed by atoms with van der Waals surface area (Å²) in [7, 11) is 3.24. The van der Waals surface area contributed by atoms with Crippen LogP contribution in [0.3, 0.4) is 0 Å². The van der Waals surface area contributed by atoms with Crippen LogP contribution in [0.5, 0.6) is 0 Å². The summed E-state index contributed by atoms with van der Waals surface area (Å²) in [5.41, 5.74) is 5.74. The number of benzene rings is 3. The van der Waals surface area contributed by atoms with Gasteiger partial charge in [0, 0.05) is 35.6 Å². The summed E-state index contributed by atoms with van der Waals surface area (Å²) in [4.78, 5) is 17.1. The smallest absolute Gasteiger partial charge is 0.141 e. The molecule has 1 amide bonds. The van der Waals surface area contributed by atoms with Gasteiger partial charge in [-0.25, -0.2) is 4.98 Å². The predicted octanol–water partition coefficient (Wildman–Crippen LogP) is 4.91. The van der Waals surface area contributed by atoms with E-state index < -0.39 is 6.09 Å². The zero-order chi connectivity index (χ0) is 21.4. The number of hydrogen-bond acceptors (Lipinski definition) is 5. The van der Waals surface area contributed by atoms with Gasteiger partial charge in [-0.2, -0.15) is 0 Å². The SMILES string of the molecule is CNc1cc(N(C)C(=O)[O-])ccc1Nc1c2ccc(Cl)cc2nc2c(C)cccc12.